The molecule has 0 aliphatic heterocycles. The van der Waals surface area contributed by atoms with E-state index in [4.69, 9.17) is 0 Å². The van der Waals surface area contributed by atoms with Crippen molar-refractivity contribution in [2.24, 2.45) is 0 Å². The molecule has 0 heterocycles. The third kappa shape index (κ3) is 3.78. The molecule has 4 nitrogen and oxygen atoms in total. The van der Waals surface area contributed by atoms with Gasteiger partial charge in [0.2, 0.25) is 0 Å². The standard InChI is InChI=1S/C15H11FINO3/c1-21-15(20)10-4-7-12(16)13(8-10)18-14(19)9-2-5-11(17)6-3-9/h2-8H,1H3,(H,18,19). The number of carbonyl (C=O) groups is 2. The number of halogens is 2. The first-order chi connectivity index (χ1) is 10.0. The summed E-state index contributed by atoms with van der Waals surface area (Å²) < 4.78 is 19.3. The van der Waals surface area contributed by atoms with Crippen LogP contribution in [0.5, 0.6) is 0 Å². The van der Waals surface area contributed by atoms with E-state index in [9.17, 15) is 14.0 Å². The average molecular weight is 399 g/mol. The summed E-state index contributed by atoms with van der Waals surface area (Å²) in [4.78, 5) is 23.4. The van der Waals surface area contributed by atoms with Crippen molar-refractivity contribution in [2.45, 2.75) is 0 Å². The summed E-state index contributed by atoms with van der Waals surface area (Å²) in [5.74, 6) is -1.67. The number of amides is 1. The van der Waals surface area contributed by atoms with E-state index in [2.05, 4.69) is 32.6 Å². The van der Waals surface area contributed by atoms with Crippen LogP contribution in [0.2, 0.25) is 0 Å². The van der Waals surface area contributed by atoms with E-state index >= 15 is 0 Å². The molecule has 2 aromatic carbocycles. The van der Waals surface area contributed by atoms with Crippen molar-refractivity contribution in [3.8, 4) is 0 Å². The van der Waals surface area contributed by atoms with E-state index in [1.54, 1.807) is 24.3 Å². The van der Waals surface area contributed by atoms with Gasteiger partial charge in [-0.1, -0.05) is 0 Å². The minimum atomic E-state index is -0.624. The van der Waals surface area contributed by atoms with Gasteiger partial charge in [-0.15, -0.1) is 0 Å². The van der Waals surface area contributed by atoms with Gasteiger partial charge in [0, 0.05) is 9.13 Å². The van der Waals surface area contributed by atoms with Crippen LogP contribution in [-0.2, 0) is 4.74 Å². The molecule has 1 amide bonds. The lowest BCUT2D eigenvalue weighted by Crippen LogP contribution is -2.14. The van der Waals surface area contributed by atoms with E-state index in [0.717, 1.165) is 9.64 Å². The molecule has 0 atom stereocenters. The lowest BCUT2D eigenvalue weighted by Gasteiger charge is -2.08. The Balaban J connectivity index is 2.24. The summed E-state index contributed by atoms with van der Waals surface area (Å²) in [6, 6.07) is 10.5. The van der Waals surface area contributed by atoms with Crippen LogP contribution < -0.4 is 5.32 Å². The number of anilines is 1. The summed E-state index contributed by atoms with van der Waals surface area (Å²) in [7, 11) is 1.23. The molecule has 2 rings (SSSR count). The molecule has 2 aromatic rings. The molecule has 1 N–H and O–H groups in total. The van der Waals surface area contributed by atoms with E-state index in [0.29, 0.717) is 5.56 Å². The summed E-state index contributed by atoms with van der Waals surface area (Å²) in [6.45, 7) is 0. The van der Waals surface area contributed by atoms with Crippen molar-refractivity contribution < 1.29 is 18.7 Å². The minimum Gasteiger partial charge on any atom is -0.465 e. The molecule has 0 aromatic heterocycles. The van der Waals surface area contributed by atoms with Crippen molar-refractivity contribution in [2.75, 3.05) is 12.4 Å². The predicted molar refractivity (Wildman–Crippen MR) is 84.9 cm³/mol. The number of methoxy groups -OCH3 is 1. The maximum Gasteiger partial charge on any atom is 0.337 e. The van der Waals surface area contributed by atoms with E-state index in [1.807, 2.05) is 0 Å². The Morgan fingerprint density at radius 3 is 2.33 bits per heavy atom. The minimum absolute atomic E-state index is 0.0681. The normalized spacial score (nSPS) is 10.0. The number of rotatable bonds is 3. The van der Waals surface area contributed by atoms with E-state index in [1.165, 1.54) is 19.2 Å². The predicted octanol–water partition coefficient (Wildman–Crippen LogP) is 3.47. The Labute approximate surface area is 134 Å². The molecule has 0 bridgehead atoms. The molecule has 21 heavy (non-hydrogen) atoms. The number of hydrogen-bond acceptors (Lipinski definition) is 3. The van der Waals surface area contributed by atoms with Crippen molar-refractivity contribution in [3.05, 3.63) is 63.0 Å². The highest BCUT2D eigenvalue weighted by molar-refractivity contribution is 14.1. The zero-order valence-corrected chi connectivity index (χ0v) is 13.2. The number of ether oxygens (including phenoxy) is 1. The SMILES string of the molecule is COC(=O)c1ccc(F)c(NC(=O)c2ccc(I)cc2)c1. The third-order valence-corrected chi connectivity index (χ3v) is 3.46. The Morgan fingerprint density at radius 2 is 1.71 bits per heavy atom. The molecule has 0 aliphatic rings. The van der Waals surface area contributed by atoms with Gasteiger partial charge in [0.05, 0.1) is 18.4 Å². The highest BCUT2D eigenvalue weighted by Crippen LogP contribution is 2.18. The van der Waals surface area contributed by atoms with Crippen LogP contribution in [-0.4, -0.2) is 19.0 Å². The first-order valence-corrected chi connectivity index (χ1v) is 7.04. The van der Waals surface area contributed by atoms with Crippen molar-refractivity contribution in [1.29, 1.82) is 0 Å². The first kappa shape index (κ1) is 15.4. The van der Waals surface area contributed by atoms with Crippen LogP contribution in [0.1, 0.15) is 20.7 Å². The Kier molecular flexibility index (Phi) is 4.89. The van der Waals surface area contributed by atoms with E-state index in [-0.39, 0.29) is 11.3 Å². The Morgan fingerprint density at radius 1 is 1.10 bits per heavy atom. The fraction of sp³-hybridized carbons (Fsp3) is 0.0667. The number of benzene rings is 2. The van der Waals surface area contributed by atoms with Crippen molar-refractivity contribution in [1.82, 2.24) is 0 Å². The van der Waals surface area contributed by atoms with Crippen LogP contribution in [0.25, 0.3) is 0 Å². The highest BCUT2D eigenvalue weighted by atomic mass is 127. The van der Waals surface area contributed by atoms with Gasteiger partial charge < -0.3 is 10.1 Å². The quantitative estimate of drug-likeness (QED) is 0.636. The number of nitrogens with one attached hydrogen (secondary N) is 1. The molecule has 0 unspecified atom stereocenters. The molecule has 0 spiro atoms. The van der Waals surface area contributed by atoms with E-state index < -0.39 is 17.7 Å². The van der Waals surface area contributed by atoms with Crippen LogP contribution in [0.15, 0.2) is 42.5 Å². The van der Waals surface area contributed by atoms with Gasteiger partial charge in [0.15, 0.2) is 0 Å². The lowest BCUT2D eigenvalue weighted by molar-refractivity contribution is 0.0600. The topological polar surface area (TPSA) is 55.4 Å². The zero-order chi connectivity index (χ0) is 15.4. The van der Waals surface area contributed by atoms with Crippen LogP contribution in [0, 0.1) is 9.39 Å². The summed E-state index contributed by atoms with van der Waals surface area (Å²) >= 11 is 2.12. The van der Waals surface area contributed by atoms with Gasteiger partial charge in [-0.2, -0.15) is 0 Å². The molecule has 108 valence electrons. The van der Waals surface area contributed by atoms with Crippen LogP contribution in [0.4, 0.5) is 10.1 Å². The lowest BCUT2D eigenvalue weighted by atomic mass is 10.1. The molecule has 6 heteroatoms. The fourth-order valence-electron chi connectivity index (χ4n) is 1.66. The monoisotopic (exact) mass is 399 g/mol. The largest absolute Gasteiger partial charge is 0.465 e. The summed E-state index contributed by atoms with van der Waals surface area (Å²) in [5.41, 5.74) is 0.497. The highest BCUT2D eigenvalue weighted by Gasteiger charge is 2.13. The van der Waals surface area contributed by atoms with Gasteiger partial charge in [-0.05, 0) is 65.1 Å². The molecular weight excluding hydrogens is 388 g/mol. The van der Waals surface area contributed by atoms with Gasteiger partial charge in [0.25, 0.3) is 5.91 Å². The average Bonchev–Trinajstić information content (AvgIpc) is 2.49. The maximum absolute atomic E-state index is 13.7. The first-order valence-electron chi connectivity index (χ1n) is 5.96. The zero-order valence-electron chi connectivity index (χ0n) is 11.0. The molecular formula is C15H11FINO3. The summed E-state index contributed by atoms with van der Waals surface area (Å²) in [6.07, 6.45) is 0. The molecule has 0 saturated heterocycles. The molecule has 0 radical (unpaired) electrons. The molecule has 0 saturated carbocycles. The second-order valence-electron chi connectivity index (χ2n) is 4.15. The number of carbonyl (C=O) groups excluding carboxylic acids is 2. The van der Waals surface area contributed by atoms with Gasteiger partial charge in [-0.3, -0.25) is 4.79 Å². The van der Waals surface area contributed by atoms with Crippen LogP contribution in [0.3, 0.4) is 0 Å². The van der Waals surface area contributed by atoms with Crippen molar-refractivity contribution in [3.63, 3.8) is 0 Å². The summed E-state index contributed by atoms with van der Waals surface area (Å²) in [5, 5.41) is 2.44. The fourth-order valence-corrected chi connectivity index (χ4v) is 2.02. The molecule has 0 fully saturated rings. The Bertz CT molecular complexity index is 686. The Hall–Kier alpha value is -1.96. The maximum atomic E-state index is 13.7. The van der Waals surface area contributed by atoms with Crippen LogP contribution >= 0.6 is 22.6 Å². The van der Waals surface area contributed by atoms with Gasteiger partial charge >= 0.3 is 5.97 Å². The smallest absolute Gasteiger partial charge is 0.337 e. The third-order valence-electron chi connectivity index (χ3n) is 2.74. The second kappa shape index (κ2) is 6.66. The van der Waals surface area contributed by atoms with Crippen molar-refractivity contribution >= 4 is 40.2 Å². The molecule has 0 aliphatic carbocycles. The van der Waals surface area contributed by atoms with Gasteiger partial charge in [-0.25, -0.2) is 9.18 Å². The second-order valence-corrected chi connectivity index (χ2v) is 5.39. The number of esters is 1. The van der Waals surface area contributed by atoms with Gasteiger partial charge in [0.1, 0.15) is 5.82 Å². The number of hydrogen-bond donors (Lipinski definition) is 1.